The number of fused-ring (bicyclic) bond motifs is 2. The van der Waals surface area contributed by atoms with E-state index in [9.17, 15) is 0 Å². The third-order valence-electron chi connectivity index (χ3n) is 5.65. The molecule has 1 saturated heterocycles. The van der Waals surface area contributed by atoms with Gasteiger partial charge in [-0.15, -0.1) is 0 Å². The van der Waals surface area contributed by atoms with Crippen molar-refractivity contribution in [3.8, 4) is 0 Å². The van der Waals surface area contributed by atoms with Gasteiger partial charge in [0, 0.05) is 25.0 Å². The van der Waals surface area contributed by atoms with Crippen molar-refractivity contribution in [2.75, 3.05) is 32.0 Å². The topological polar surface area (TPSA) is 70.9 Å². The number of piperidine rings is 1. The Hall–Kier alpha value is -2.51. The van der Waals surface area contributed by atoms with Crippen LogP contribution in [0.15, 0.2) is 30.6 Å². The van der Waals surface area contributed by atoms with Gasteiger partial charge in [0.25, 0.3) is 0 Å². The van der Waals surface area contributed by atoms with Crippen LogP contribution in [-0.2, 0) is 13.0 Å². The smallest absolute Gasteiger partial charge is 0.229 e. The van der Waals surface area contributed by atoms with Gasteiger partial charge in [-0.1, -0.05) is 6.07 Å². The highest BCUT2D eigenvalue weighted by Gasteiger charge is 2.19. The van der Waals surface area contributed by atoms with Gasteiger partial charge in [-0.05, 0) is 62.7 Å². The van der Waals surface area contributed by atoms with Gasteiger partial charge in [-0.3, -0.25) is 0 Å². The third-order valence-corrected chi connectivity index (χ3v) is 5.65. The molecule has 2 aromatic heterocycles. The first-order valence-corrected chi connectivity index (χ1v) is 9.74. The molecule has 0 spiro atoms. The van der Waals surface area contributed by atoms with Crippen LogP contribution >= 0.6 is 0 Å². The molecular formula is C20H25N7. The van der Waals surface area contributed by atoms with Crippen molar-refractivity contribution in [1.82, 2.24) is 30.0 Å². The van der Waals surface area contributed by atoms with E-state index in [4.69, 9.17) is 4.98 Å². The number of rotatable bonds is 3. The van der Waals surface area contributed by atoms with E-state index in [2.05, 4.69) is 55.5 Å². The fourth-order valence-electron chi connectivity index (χ4n) is 4.12. The molecule has 0 radical (unpaired) electrons. The van der Waals surface area contributed by atoms with Crippen LogP contribution in [0.5, 0.6) is 0 Å². The third kappa shape index (κ3) is 3.28. The summed E-state index contributed by atoms with van der Waals surface area (Å²) in [6, 6.07) is 6.98. The summed E-state index contributed by atoms with van der Waals surface area (Å²) >= 11 is 0. The molecule has 5 rings (SSSR count). The predicted molar refractivity (Wildman–Crippen MR) is 106 cm³/mol. The number of benzene rings is 1. The van der Waals surface area contributed by atoms with Crippen LogP contribution in [0.25, 0.3) is 11.0 Å². The Bertz CT molecular complexity index is 958. The van der Waals surface area contributed by atoms with Crippen LogP contribution in [0, 0.1) is 0 Å². The van der Waals surface area contributed by atoms with Crippen LogP contribution < -0.4 is 10.6 Å². The first kappa shape index (κ1) is 16.6. The molecule has 2 aliphatic rings. The number of hydrogen-bond donors (Lipinski definition) is 2. The molecule has 0 amide bonds. The normalized spacial score (nSPS) is 18.6. The number of anilines is 2. The number of aromatic nitrogens is 4. The minimum Gasteiger partial charge on any atom is -0.324 e. The molecule has 0 aliphatic carbocycles. The molecule has 4 heterocycles. The number of nitrogens with one attached hydrogen (secondary N) is 2. The van der Waals surface area contributed by atoms with Crippen LogP contribution in [0.2, 0.25) is 0 Å². The second-order valence-electron chi connectivity index (χ2n) is 7.64. The lowest BCUT2D eigenvalue weighted by atomic mass is 9.99. The summed E-state index contributed by atoms with van der Waals surface area (Å²) in [6.07, 6.45) is 7.02. The second-order valence-corrected chi connectivity index (χ2v) is 7.64. The van der Waals surface area contributed by atoms with Crippen molar-refractivity contribution in [2.24, 2.45) is 0 Å². The molecule has 1 fully saturated rings. The van der Waals surface area contributed by atoms with Crippen molar-refractivity contribution in [3.63, 3.8) is 0 Å². The quantitative estimate of drug-likeness (QED) is 0.745. The van der Waals surface area contributed by atoms with Gasteiger partial charge in [-0.25, -0.2) is 9.67 Å². The second kappa shape index (κ2) is 6.90. The Kier molecular flexibility index (Phi) is 4.26. The predicted octanol–water partition coefficient (Wildman–Crippen LogP) is 2.48. The highest BCUT2D eigenvalue weighted by Crippen LogP contribution is 2.25. The largest absolute Gasteiger partial charge is 0.324 e. The molecule has 140 valence electrons. The summed E-state index contributed by atoms with van der Waals surface area (Å²) in [7, 11) is 2.17. The van der Waals surface area contributed by atoms with Gasteiger partial charge in [0.1, 0.15) is 0 Å². The lowest BCUT2D eigenvalue weighted by molar-refractivity contribution is 0.313. The molecule has 3 aromatic rings. The van der Waals surface area contributed by atoms with Gasteiger partial charge in [0.2, 0.25) is 5.95 Å². The first-order chi connectivity index (χ1) is 13.3. The zero-order valence-electron chi connectivity index (χ0n) is 15.6. The summed E-state index contributed by atoms with van der Waals surface area (Å²) in [5.41, 5.74) is 4.78. The zero-order chi connectivity index (χ0) is 18.2. The molecule has 7 heteroatoms. The van der Waals surface area contributed by atoms with E-state index in [-0.39, 0.29) is 0 Å². The van der Waals surface area contributed by atoms with E-state index >= 15 is 0 Å². The van der Waals surface area contributed by atoms with Crippen molar-refractivity contribution >= 4 is 22.7 Å². The molecule has 2 N–H and O–H groups in total. The SMILES string of the molecule is CN1CCc2ccc(Nc3ncc4cnn(C5CCNCC5)c4n3)cc2C1. The lowest BCUT2D eigenvalue weighted by Crippen LogP contribution is -2.30. The fraction of sp³-hybridized carbons (Fsp3) is 0.450. The van der Waals surface area contributed by atoms with E-state index in [1.165, 1.54) is 11.1 Å². The van der Waals surface area contributed by atoms with Crippen molar-refractivity contribution in [3.05, 3.63) is 41.7 Å². The maximum atomic E-state index is 4.78. The maximum Gasteiger partial charge on any atom is 0.229 e. The van der Waals surface area contributed by atoms with Crippen LogP contribution in [-0.4, -0.2) is 51.3 Å². The Balaban J connectivity index is 1.43. The Morgan fingerprint density at radius 1 is 1.15 bits per heavy atom. The van der Waals surface area contributed by atoms with Crippen LogP contribution in [0.3, 0.4) is 0 Å². The molecule has 0 saturated carbocycles. The highest BCUT2D eigenvalue weighted by molar-refractivity contribution is 5.75. The molecule has 0 unspecified atom stereocenters. The van der Waals surface area contributed by atoms with Crippen LogP contribution in [0.4, 0.5) is 11.6 Å². The summed E-state index contributed by atoms with van der Waals surface area (Å²) in [5.74, 6) is 0.627. The Labute approximate surface area is 158 Å². The Morgan fingerprint density at radius 2 is 2.04 bits per heavy atom. The minimum atomic E-state index is 0.408. The van der Waals surface area contributed by atoms with Gasteiger partial charge < -0.3 is 15.5 Å². The maximum absolute atomic E-state index is 4.78. The van der Waals surface area contributed by atoms with Gasteiger partial charge in [-0.2, -0.15) is 10.1 Å². The minimum absolute atomic E-state index is 0.408. The molecule has 27 heavy (non-hydrogen) atoms. The van der Waals surface area contributed by atoms with Crippen molar-refractivity contribution in [2.45, 2.75) is 31.8 Å². The fourth-order valence-corrected chi connectivity index (χ4v) is 4.12. The van der Waals surface area contributed by atoms with E-state index in [0.29, 0.717) is 12.0 Å². The molecule has 2 aliphatic heterocycles. The van der Waals surface area contributed by atoms with E-state index in [1.54, 1.807) is 0 Å². The number of nitrogens with zero attached hydrogens (tertiary/aromatic N) is 5. The average molecular weight is 363 g/mol. The molecule has 0 atom stereocenters. The number of likely N-dealkylation sites (N-methyl/N-ethyl adjacent to an activating group) is 1. The van der Waals surface area contributed by atoms with E-state index < -0.39 is 0 Å². The van der Waals surface area contributed by atoms with Crippen molar-refractivity contribution in [1.29, 1.82) is 0 Å². The van der Waals surface area contributed by atoms with E-state index in [1.807, 2.05) is 12.4 Å². The lowest BCUT2D eigenvalue weighted by Gasteiger charge is -2.25. The molecular weight excluding hydrogens is 338 g/mol. The summed E-state index contributed by atoms with van der Waals surface area (Å²) in [6.45, 7) is 4.19. The van der Waals surface area contributed by atoms with Crippen LogP contribution in [0.1, 0.15) is 30.0 Å². The zero-order valence-corrected chi connectivity index (χ0v) is 15.6. The van der Waals surface area contributed by atoms with Crippen molar-refractivity contribution < 1.29 is 0 Å². The van der Waals surface area contributed by atoms with E-state index in [0.717, 1.165) is 62.2 Å². The monoisotopic (exact) mass is 363 g/mol. The van der Waals surface area contributed by atoms with Gasteiger partial charge in [0.05, 0.1) is 17.6 Å². The number of hydrogen-bond acceptors (Lipinski definition) is 6. The highest BCUT2D eigenvalue weighted by atomic mass is 15.3. The summed E-state index contributed by atoms with van der Waals surface area (Å²) < 4.78 is 2.07. The summed E-state index contributed by atoms with van der Waals surface area (Å²) in [5, 5.41) is 12.4. The molecule has 0 bridgehead atoms. The van der Waals surface area contributed by atoms with Gasteiger partial charge in [0.15, 0.2) is 5.65 Å². The molecule has 1 aromatic carbocycles. The first-order valence-electron chi connectivity index (χ1n) is 9.74. The Morgan fingerprint density at radius 3 is 2.93 bits per heavy atom. The summed E-state index contributed by atoms with van der Waals surface area (Å²) in [4.78, 5) is 11.6. The average Bonchev–Trinajstić information content (AvgIpc) is 3.11. The van der Waals surface area contributed by atoms with Gasteiger partial charge >= 0.3 is 0 Å². The standard InChI is InChI=1S/C20H25N7/c1-26-9-6-14-2-3-17(10-15(14)13-26)24-20-22-11-16-12-23-27(19(16)25-20)18-4-7-21-8-5-18/h2-3,10-12,18,21H,4-9,13H2,1H3,(H,22,24,25). The molecule has 7 nitrogen and oxygen atoms in total.